The van der Waals surface area contributed by atoms with Gasteiger partial charge in [-0.15, -0.1) is 0 Å². The minimum absolute atomic E-state index is 0.00224. The predicted octanol–water partition coefficient (Wildman–Crippen LogP) is 3.98. The van der Waals surface area contributed by atoms with Crippen molar-refractivity contribution in [1.29, 1.82) is 0 Å². The maximum absolute atomic E-state index is 11.7. The number of carbonyl (C=O) groups excluding carboxylic acids is 10. The van der Waals surface area contributed by atoms with E-state index >= 15 is 0 Å². The smallest absolute Gasteiger partial charge is 0.330 e. The van der Waals surface area contributed by atoms with Gasteiger partial charge in [0.1, 0.15) is 32.8 Å². The fraction of sp³-hybridized carbons (Fsp3) is 0.682. The van der Waals surface area contributed by atoms with E-state index in [1.165, 1.54) is 6.92 Å². The van der Waals surface area contributed by atoms with Gasteiger partial charge in [0.15, 0.2) is 0 Å². The summed E-state index contributed by atoms with van der Waals surface area (Å²) in [6.45, 7) is 11.3. The molecule has 0 atom stereocenters. The second-order valence-corrected chi connectivity index (χ2v) is 13.7. The van der Waals surface area contributed by atoms with Crippen LogP contribution < -0.4 is 10.6 Å². The highest BCUT2D eigenvalue weighted by molar-refractivity contribution is 5.94. The van der Waals surface area contributed by atoms with E-state index in [4.69, 9.17) is 28.4 Å². The number of unbranched alkanes of at least 4 members (excludes halogenated alkanes) is 8. The van der Waals surface area contributed by atoms with Gasteiger partial charge >= 0.3 is 47.8 Å². The van der Waals surface area contributed by atoms with Gasteiger partial charge in [0, 0.05) is 64.3 Å². The lowest BCUT2D eigenvalue weighted by Crippen LogP contribution is -2.34. The van der Waals surface area contributed by atoms with Gasteiger partial charge < -0.3 is 48.5 Å². The molecule has 0 aromatic carbocycles. The number of ether oxygens (including phenoxy) is 8. The summed E-state index contributed by atoms with van der Waals surface area (Å²) in [6, 6.07) is 0. The predicted molar refractivity (Wildman–Crippen MR) is 229 cm³/mol. The van der Waals surface area contributed by atoms with Gasteiger partial charge in [0.2, 0.25) is 11.8 Å². The Bertz CT molecular complexity index is 1420. The Kier molecular flexibility index (Phi) is 41.3. The molecule has 0 aromatic heterocycles. The highest BCUT2D eigenvalue weighted by atomic mass is 16.6. The third-order valence-electron chi connectivity index (χ3n) is 8.08. The maximum atomic E-state index is 11.7. The van der Waals surface area contributed by atoms with E-state index in [1.54, 1.807) is 6.92 Å². The van der Waals surface area contributed by atoms with Crippen LogP contribution in [0.1, 0.15) is 129 Å². The zero-order chi connectivity index (χ0) is 48.1. The van der Waals surface area contributed by atoms with Crippen LogP contribution in [0.15, 0.2) is 25.3 Å². The number of carbonyl (C=O) groups is 10. The van der Waals surface area contributed by atoms with E-state index in [1.807, 2.05) is 0 Å². The summed E-state index contributed by atoms with van der Waals surface area (Å²) >= 11 is 0. The number of nitrogens with one attached hydrogen (secondary N) is 2. The van der Waals surface area contributed by atoms with Gasteiger partial charge in [-0.3, -0.25) is 38.4 Å². The van der Waals surface area contributed by atoms with E-state index in [9.17, 15) is 47.9 Å². The molecule has 2 amide bonds. The molecule has 0 aliphatic heterocycles. The van der Waals surface area contributed by atoms with Gasteiger partial charge in [-0.05, 0) is 77.0 Å². The van der Waals surface area contributed by atoms with Crippen LogP contribution in [0.25, 0.3) is 0 Å². The summed E-state index contributed by atoms with van der Waals surface area (Å²) in [5.41, 5.74) is 0. The van der Waals surface area contributed by atoms with Gasteiger partial charge in [-0.25, -0.2) is 9.59 Å². The minimum atomic E-state index is -0.631. The van der Waals surface area contributed by atoms with Crippen molar-refractivity contribution < 1.29 is 85.8 Å². The molecule has 0 rings (SSSR count). The van der Waals surface area contributed by atoms with Crippen molar-refractivity contribution in [1.82, 2.24) is 10.6 Å². The molecule has 0 aliphatic carbocycles. The van der Waals surface area contributed by atoms with Crippen LogP contribution in [0, 0.1) is 0 Å². The highest BCUT2D eigenvalue weighted by Crippen LogP contribution is 2.07. The number of hydrogen-bond acceptors (Lipinski definition) is 18. The summed E-state index contributed by atoms with van der Waals surface area (Å²) < 4.78 is 39.4. The maximum Gasteiger partial charge on any atom is 0.330 e. The molecule has 0 saturated heterocycles. The molecule has 20 nitrogen and oxygen atoms in total. The van der Waals surface area contributed by atoms with Crippen LogP contribution >= 0.6 is 0 Å². The van der Waals surface area contributed by atoms with Crippen molar-refractivity contribution in [2.24, 2.45) is 0 Å². The Morgan fingerprint density at radius 1 is 0.391 bits per heavy atom. The molecular weight excluding hydrogens is 844 g/mol. The lowest BCUT2D eigenvalue weighted by molar-refractivity contribution is -0.149. The standard InChI is InChI=1S/C24H38N2O10.C20H32O8/c1-3-21(29)35-16-17-36-23(31)11-7-4-8-14-33-22(30)10-6-5-9-15-34-24(32)18-20(28)26-13-12-25-19(2)27;1-3-17(21)25-13-9-5-7-11-19(23)26-14-10-6-8-12-20(24)28-16-15-27-18(22)4-2/h3H,1,4-18H2,2H3,(H,25,27)(H,26,28);4H,2-3,5-16H2,1H3. The van der Waals surface area contributed by atoms with Crippen molar-refractivity contribution in [3.8, 4) is 0 Å². The van der Waals surface area contributed by atoms with Crippen molar-refractivity contribution in [2.75, 3.05) is 65.9 Å². The summed E-state index contributed by atoms with van der Waals surface area (Å²) in [6.07, 6.45) is 11.2. The molecule has 0 aliphatic rings. The molecular formula is C44H70N2O18. The fourth-order valence-corrected chi connectivity index (χ4v) is 4.73. The second-order valence-electron chi connectivity index (χ2n) is 13.7. The number of rotatable bonds is 38. The van der Waals surface area contributed by atoms with E-state index < -0.39 is 23.8 Å². The molecule has 0 unspecified atom stereocenters. The van der Waals surface area contributed by atoms with Crippen LogP contribution in [0.2, 0.25) is 0 Å². The zero-order valence-electron chi connectivity index (χ0n) is 37.7. The lowest BCUT2D eigenvalue weighted by Gasteiger charge is -2.07. The lowest BCUT2D eigenvalue weighted by atomic mass is 10.2. The van der Waals surface area contributed by atoms with Crippen LogP contribution in [0.4, 0.5) is 0 Å². The van der Waals surface area contributed by atoms with Crippen molar-refractivity contribution in [3.63, 3.8) is 0 Å². The Labute approximate surface area is 376 Å². The van der Waals surface area contributed by atoms with E-state index in [0.29, 0.717) is 83.8 Å². The molecule has 20 heteroatoms. The number of amides is 2. The average molecular weight is 915 g/mol. The number of hydrogen-bond donors (Lipinski definition) is 2. The van der Waals surface area contributed by atoms with Gasteiger partial charge in [0.25, 0.3) is 0 Å². The minimum Gasteiger partial charge on any atom is -0.466 e. The first-order chi connectivity index (χ1) is 30.7. The molecule has 0 heterocycles. The second kappa shape index (κ2) is 43.8. The molecule has 0 bridgehead atoms. The Morgan fingerprint density at radius 2 is 0.703 bits per heavy atom. The van der Waals surface area contributed by atoms with Crippen LogP contribution in [0.5, 0.6) is 0 Å². The summed E-state index contributed by atoms with van der Waals surface area (Å²) in [7, 11) is 0. The van der Waals surface area contributed by atoms with Gasteiger partial charge in [-0.1, -0.05) is 20.1 Å². The first kappa shape index (κ1) is 60.3. The third-order valence-corrected chi connectivity index (χ3v) is 8.08. The number of esters is 8. The quantitative estimate of drug-likeness (QED) is 0.0291. The molecule has 2 N–H and O–H groups in total. The molecule has 0 aromatic rings. The normalized spacial score (nSPS) is 10.0. The Morgan fingerprint density at radius 3 is 1.05 bits per heavy atom. The molecule has 64 heavy (non-hydrogen) atoms. The van der Waals surface area contributed by atoms with Crippen LogP contribution in [-0.2, 0) is 85.8 Å². The monoisotopic (exact) mass is 914 g/mol. The van der Waals surface area contributed by atoms with Crippen LogP contribution in [0.3, 0.4) is 0 Å². The van der Waals surface area contributed by atoms with E-state index in [-0.39, 0.29) is 114 Å². The van der Waals surface area contributed by atoms with Crippen molar-refractivity contribution >= 4 is 59.6 Å². The van der Waals surface area contributed by atoms with Crippen molar-refractivity contribution in [3.05, 3.63) is 25.3 Å². The summed E-state index contributed by atoms with van der Waals surface area (Å²) in [4.78, 5) is 113. The molecule has 0 saturated carbocycles. The molecule has 364 valence electrons. The van der Waals surface area contributed by atoms with E-state index in [0.717, 1.165) is 31.4 Å². The zero-order valence-corrected chi connectivity index (χ0v) is 37.7. The fourth-order valence-electron chi connectivity index (χ4n) is 4.73. The van der Waals surface area contributed by atoms with Gasteiger partial charge in [-0.2, -0.15) is 0 Å². The summed E-state index contributed by atoms with van der Waals surface area (Å²) in [5, 5.41) is 5.02. The molecule has 0 radical (unpaired) electrons. The average Bonchev–Trinajstić information content (AvgIpc) is 3.27. The summed E-state index contributed by atoms with van der Waals surface area (Å²) in [5.74, 6) is -3.91. The SMILES string of the molecule is C=CC(=O)OCCOC(=O)CCCCCOC(=O)CCCCCOC(=O)CC.C=CC(=O)OCCOC(=O)CCCCCOC(=O)CCCCCOC(=O)CC(=O)NCCNC(C)=O. The first-order valence-corrected chi connectivity index (χ1v) is 21.8. The van der Waals surface area contributed by atoms with Gasteiger partial charge in [0.05, 0.1) is 26.4 Å². The topological polar surface area (TPSA) is 269 Å². The van der Waals surface area contributed by atoms with E-state index in [2.05, 4.69) is 33.3 Å². The van der Waals surface area contributed by atoms with Crippen molar-refractivity contribution in [2.45, 2.75) is 129 Å². The molecule has 0 spiro atoms. The van der Waals surface area contributed by atoms with Crippen LogP contribution in [-0.4, -0.2) is 126 Å². The first-order valence-electron chi connectivity index (χ1n) is 21.8. The Hall–Kier alpha value is -5.82. The Balaban J connectivity index is 0. The third kappa shape index (κ3) is 45.7. The molecule has 0 fully saturated rings. The largest absolute Gasteiger partial charge is 0.466 e. The highest BCUT2D eigenvalue weighted by Gasteiger charge is 2.11.